The van der Waals surface area contributed by atoms with Crippen LogP contribution in [0, 0.1) is 0 Å². The lowest BCUT2D eigenvalue weighted by Crippen LogP contribution is -2.36. The number of anilines is 2. The van der Waals surface area contributed by atoms with Gasteiger partial charge in [-0.3, -0.25) is 4.79 Å². The zero-order valence-corrected chi connectivity index (χ0v) is 14.0. The number of ether oxygens (including phenoxy) is 2. The Kier molecular flexibility index (Phi) is 4.60. The van der Waals surface area contributed by atoms with Crippen LogP contribution in [0.4, 0.5) is 11.4 Å². The van der Waals surface area contributed by atoms with E-state index in [0.29, 0.717) is 18.0 Å². The Morgan fingerprint density at radius 3 is 2.46 bits per heavy atom. The highest BCUT2D eigenvalue weighted by Crippen LogP contribution is 2.33. The average Bonchev–Trinajstić information content (AvgIpc) is 2.61. The highest BCUT2D eigenvalue weighted by Gasteiger charge is 2.25. The van der Waals surface area contributed by atoms with E-state index in [2.05, 4.69) is 0 Å². The van der Waals surface area contributed by atoms with Gasteiger partial charge in [0.25, 0.3) is 0 Å². The van der Waals surface area contributed by atoms with E-state index >= 15 is 0 Å². The van der Waals surface area contributed by atoms with Gasteiger partial charge in [-0.05, 0) is 42.7 Å². The van der Waals surface area contributed by atoms with Crippen LogP contribution in [-0.4, -0.2) is 26.7 Å². The fourth-order valence-electron chi connectivity index (χ4n) is 3.26. The summed E-state index contributed by atoms with van der Waals surface area (Å²) in [5.41, 5.74) is 9.56. The highest BCUT2D eigenvalue weighted by atomic mass is 16.5. The number of nitrogen functional groups attached to an aromatic ring is 1. The van der Waals surface area contributed by atoms with Gasteiger partial charge in [-0.25, -0.2) is 0 Å². The second-order valence-corrected chi connectivity index (χ2v) is 5.81. The number of carbonyl (C=O) groups excluding carboxylic acids is 1. The van der Waals surface area contributed by atoms with E-state index < -0.39 is 0 Å². The molecule has 0 aliphatic carbocycles. The van der Waals surface area contributed by atoms with Gasteiger partial charge < -0.3 is 20.1 Å². The van der Waals surface area contributed by atoms with Gasteiger partial charge in [-0.15, -0.1) is 0 Å². The van der Waals surface area contributed by atoms with Crippen LogP contribution in [0.3, 0.4) is 0 Å². The van der Waals surface area contributed by atoms with Crippen molar-refractivity contribution in [2.75, 3.05) is 31.4 Å². The molecule has 0 saturated heterocycles. The molecule has 3 rings (SSSR count). The van der Waals surface area contributed by atoms with Crippen LogP contribution in [0.5, 0.6) is 11.5 Å². The molecule has 0 aromatic heterocycles. The van der Waals surface area contributed by atoms with Crippen LogP contribution in [0.25, 0.3) is 0 Å². The summed E-state index contributed by atoms with van der Waals surface area (Å²) in [4.78, 5) is 14.8. The van der Waals surface area contributed by atoms with Gasteiger partial charge in [-0.1, -0.05) is 12.1 Å². The molecule has 5 nitrogen and oxygen atoms in total. The molecule has 0 spiro atoms. The van der Waals surface area contributed by atoms with Gasteiger partial charge in [0.05, 0.1) is 20.6 Å². The summed E-state index contributed by atoms with van der Waals surface area (Å²) in [6.45, 7) is 0.701. The third kappa shape index (κ3) is 2.89. The molecule has 126 valence electrons. The van der Waals surface area contributed by atoms with Crippen LogP contribution in [0.15, 0.2) is 36.4 Å². The second kappa shape index (κ2) is 6.83. The zero-order valence-electron chi connectivity index (χ0n) is 14.0. The number of rotatable bonds is 4. The molecule has 1 aliphatic rings. The van der Waals surface area contributed by atoms with Crippen LogP contribution in [0.2, 0.25) is 0 Å². The number of benzene rings is 2. The van der Waals surface area contributed by atoms with E-state index in [-0.39, 0.29) is 12.3 Å². The average molecular weight is 326 g/mol. The summed E-state index contributed by atoms with van der Waals surface area (Å²) in [5, 5.41) is 0. The Morgan fingerprint density at radius 1 is 1.12 bits per heavy atom. The summed E-state index contributed by atoms with van der Waals surface area (Å²) < 4.78 is 10.8. The van der Waals surface area contributed by atoms with Gasteiger partial charge in [0.15, 0.2) is 0 Å². The van der Waals surface area contributed by atoms with E-state index in [1.165, 1.54) is 0 Å². The normalized spacial score (nSPS) is 13.3. The SMILES string of the molecule is COc1cccc(OC)c1CC(=O)N1CCCc2c(N)cccc21. The summed E-state index contributed by atoms with van der Waals surface area (Å²) in [7, 11) is 3.19. The monoisotopic (exact) mass is 326 g/mol. The molecule has 1 amide bonds. The number of hydrogen-bond acceptors (Lipinski definition) is 4. The van der Waals surface area contributed by atoms with E-state index in [4.69, 9.17) is 15.2 Å². The number of methoxy groups -OCH3 is 2. The number of amides is 1. The molecule has 2 aromatic rings. The Balaban J connectivity index is 1.92. The minimum Gasteiger partial charge on any atom is -0.496 e. The maximum atomic E-state index is 13.0. The highest BCUT2D eigenvalue weighted by molar-refractivity contribution is 5.97. The van der Waals surface area contributed by atoms with Gasteiger partial charge in [-0.2, -0.15) is 0 Å². The van der Waals surface area contributed by atoms with Crippen LogP contribution >= 0.6 is 0 Å². The third-order valence-electron chi connectivity index (χ3n) is 4.45. The summed E-state index contributed by atoms with van der Waals surface area (Å²) >= 11 is 0. The van der Waals surface area contributed by atoms with E-state index in [0.717, 1.165) is 35.3 Å². The minimum atomic E-state index is 0.0179. The molecule has 1 aliphatic heterocycles. The maximum Gasteiger partial charge on any atom is 0.231 e. The standard InChI is InChI=1S/C19H22N2O3/c1-23-17-9-4-10-18(24-2)14(17)12-19(22)21-11-5-6-13-15(20)7-3-8-16(13)21/h3-4,7-10H,5-6,11-12,20H2,1-2H3. The number of fused-ring (bicyclic) bond motifs is 1. The molecular formula is C19H22N2O3. The third-order valence-corrected chi connectivity index (χ3v) is 4.45. The summed E-state index contributed by atoms with van der Waals surface area (Å²) in [6, 6.07) is 11.3. The van der Waals surface area contributed by atoms with E-state index in [1.807, 2.05) is 41.3 Å². The smallest absolute Gasteiger partial charge is 0.231 e. The first-order valence-corrected chi connectivity index (χ1v) is 8.03. The van der Waals surface area contributed by atoms with Crippen LogP contribution in [0.1, 0.15) is 17.5 Å². The molecule has 0 atom stereocenters. The van der Waals surface area contributed by atoms with Crippen molar-refractivity contribution >= 4 is 17.3 Å². The van der Waals surface area contributed by atoms with E-state index in [1.54, 1.807) is 14.2 Å². The van der Waals surface area contributed by atoms with Gasteiger partial charge in [0, 0.05) is 23.5 Å². The molecule has 1 heterocycles. The van der Waals surface area contributed by atoms with Crippen molar-refractivity contribution in [3.05, 3.63) is 47.5 Å². The predicted molar refractivity (Wildman–Crippen MR) is 94.8 cm³/mol. The Morgan fingerprint density at radius 2 is 1.79 bits per heavy atom. The molecule has 24 heavy (non-hydrogen) atoms. The topological polar surface area (TPSA) is 64.8 Å². The molecule has 2 aromatic carbocycles. The Hall–Kier alpha value is -2.69. The lowest BCUT2D eigenvalue weighted by atomic mass is 9.99. The lowest BCUT2D eigenvalue weighted by Gasteiger charge is -2.30. The molecule has 0 bridgehead atoms. The first-order valence-electron chi connectivity index (χ1n) is 8.03. The first kappa shape index (κ1) is 16.2. The van der Waals surface area contributed by atoms with Gasteiger partial charge >= 0.3 is 0 Å². The van der Waals surface area contributed by atoms with Gasteiger partial charge in [0.1, 0.15) is 11.5 Å². The van der Waals surface area contributed by atoms with Crippen molar-refractivity contribution < 1.29 is 14.3 Å². The molecule has 0 fully saturated rings. The van der Waals surface area contributed by atoms with Gasteiger partial charge in [0.2, 0.25) is 5.91 Å². The van der Waals surface area contributed by atoms with Crippen molar-refractivity contribution in [3.63, 3.8) is 0 Å². The Labute approximate surface area is 142 Å². The van der Waals surface area contributed by atoms with Crippen LogP contribution < -0.4 is 20.1 Å². The van der Waals surface area contributed by atoms with Crippen molar-refractivity contribution in [1.82, 2.24) is 0 Å². The van der Waals surface area contributed by atoms with Crippen LogP contribution in [-0.2, 0) is 17.6 Å². The summed E-state index contributed by atoms with van der Waals surface area (Å²) in [6.07, 6.45) is 2.04. The summed E-state index contributed by atoms with van der Waals surface area (Å²) in [5.74, 6) is 1.34. The number of carbonyl (C=O) groups is 1. The molecular weight excluding hydrogens is 304 g/mol. The maximum absolute atomic E-state index is 13.0. The fourth-order valence-corrected chi connectivity index (χ4v) is 3.26. The zero-order chi connectivity index (χ0) is 17.1. The van der Waals surface area contributed by atoms with Crippen molar-refractivity contribution in [2.24, 2.45) is 0 Å². The predicted octanol–water partition coefficient (Wildman–Crippen LogP) is 2.81. The van der Waals surface area contributed by atoms with Crippen molar-refractivity contribution in [2.45, 2.75) is 19.3 Å². The minimum absolute atomic E-state index is 0.0179. The molecule has 0 unspecified atom stereocenters. The number of nitrogens with two attached hydrogens (primary N) is 1. The van der Waals surface area contributed by atoms with Crippen molar-refractivity contribution in [3.8, 4) is 11.5 Å². The Bertz CT molecular complexity index is 736. The number of nitrogens with zero attached hydrogens (tertiary/aromatic N) is 1. The molecule has 5 heteroatoms. The number of hydrogen-bond donors (Lipinski definition) is 1. The van der Waals surface area contributed by atoms with Crippen molar-refractivity contribution in [1.29, 1.82) is 0 Å². The molecule has 0 radical (unpaired) electrons. The fraction of sp³-hybridized carbons (Fsp3) is 0.316. The largest absolute Gasteiger partial charge is 0.496 e. The molecule has 0 saturated carbocycles. The lowest BCUT2D eigenvalue weighted by molar-refractivity contribution is -0.118. The quantitative estimate of drug-likeness (QED) is 0.878. The first-order chi connectivity index (χ1) is 11.7. The van der Waals surface area contributed by atoms with E-state index in [9.17, 15) is 4.79 Å². The molecule has 2 N–H and O–H groups in total. The second-order valence-electron chi connectivity index (χ2n) is 5.81.